The van der Waals surface area contributed by atoms with Gasteiger partial charge < -0.3 is 15.7 Å². The Morgan fingerprint density at radius 1 is 1.21 bits per heavy atom. The number of carbonyl (C=O) groups is 2. The zero-order chi connectivity index (χ0) is 17.1. The lowest BCUT2D eigenvalue weighted by Crippen LogP contribution is -2.40. The van der Waals surface area contributed by atoms with Gasteiger partial charge in [-0.2, -0.15) is 11.8 Å². The van der Waals surface area contributed by atoms with E-state index in [0.717, 1.165) is 15.9 Å². The molecule has 0 radical (unpaired) electrons. The fraction of sp³-hybridized carbons (Fsp3) is 0.176. The van der Waals surface area contributed by atoms with Crippen LogP contribution in [0.25, 0.3) is 0 Å². The molecule has 3 N–H and O–H groups in total. The number of fused-ring (bicyclic) bond motifs is 1. The van der Waals surface area contributed by atoms with Gasteiger partial charge in [-0.05, 0) is 35.9 Å². The smallest absolute Gasteiger partial charge is 0.335 e. The van der Waals surface area contributed by atoms with E-state index in [9.17, 15) is 9.59 Å². The summed E-state index contributed by atoms with van der Waals surface area (Å²) in [6.45, 7) is 0. The van der Waals surface area contributed by atoms with Crippen molar-refractivity contribution in [3.05, 3.63) is 58.1 Å². The van der Waals surface area contributed by atoms with Crippen LogP contribution in [-0.2, 0) is 10.5 Å². The minimum atomic E-state index is -1.02. The van der Waals surface area contributed by atoms with Crippen molar-refractivity contribution in [1.29, 1.82) is 0 Å². The molecule has 3 rings (SSSR count). The quantitative estimate of drug-likeness (QED) is 0.703. The van der Waals surface area contributed by atoms with Crippen molar-refractivity contribution >= 4 is 50.9 Å². The molecule has 0 saturated carbocycles. The summed E-state index contributed by atoms with van der Waals surface area (Å²) in [5.41, 5.74) is 2.59. The minimum Gasteiger partial charge on any atom is -0.478 e. The van der Waals surface area contributed by atoms with Crippen molar-refractivity contribution in [2.45, 2.75) is 11.8 Å². The number of benzene rings is 2. The maximum absolute atomic E-state index is 12.2. The molecule has 124 valence electrons. The highest BCUT2D eigenvalue weighted by atomic mass is 79.9. The molecule has 0 aromatic heterocycles. The second-order valence-corrected chi connectivity index (χ2v) is 7.34. The molecule has 2 aromatic carbocycles. The number of aromatic carboxylic acids is 1. The predicted molar refractivity (Wildman–Crippen MR) is 99.7 cm³/mol. The summed E-state index contributed by atoms with van der Waals surface area (Å²) in [4.78, 5) is 23.2. The Bertz CT molecular complexity index is 797. The molecule has 7 heteroatoms. The highest BCUT2D eigenvalue weighted by molar-refractivity contribution is 9.10. The van der Waals surface area contributed by atoms with Crippen molar-refractivity contribution in [2.24, 2.45) is 0 Å². The molecule has 0 bridgehead atoms. The molecule has 1 aliphatic rings. The van der Waals surface area contributed by atoms with E-state index in [1.165, 1.54) is 17.7 Å². The fourth-order valence-corrected chi connectivity index (χ4v) is 3.87. The lowest BCUT2D eigenvalue weighted by Gasteiger charge is -2.26. The molecule has 1 unspecified atom stereocenters. The van der Waals surface area contributed by atoms with Crippen molar-refractivity contribution in [2.75, 3.05) is 16.4 Å². The first-order chi connectivity index (χ1) is 11.5. The summed E-state index contributed by atoms with van der Waals surface area (Å²) < 4.78 is 1.04. The van der Waals surface area contributed by atoms with Gasteiger partial charge in [-0.3, -0.25) is 4.79 Å². The van der Waals surface area contributed by atoms with E-state index < -0.39 is 5.97 Å². The number of carbonyl (C=O) groups excluding carboxylic acids is 1. The Labute approximate surface area is 152 Å². The second-order valence-electron chi connectivity index (χ2n) is 5.40. The van der Waals surface area contributed by atoms with E-state index in [1.807, 2.05) is 12.1 Å². The SMILES string of the molecule is O=C(O)c1ccc2c(c1)NC(=O)C(CSCc1cccc(Br)c1)N2. The summed E-state index contributed by atoms with van der Waals surface area (Å²) in [5, 5.41) is 15.0. The van der Waals surface area contributed by atoms with Crippen molar-refractivity contribution in [1.82, 2.24) is 0 Å². The zero-order valence-corrected chi connectivity index (χ0v) is 15.0. The third-order valence-corrected chi connectivity index (χ3v) is 5.21. The van der Waals surface area contributed by atoms with Crippen LogP contribution in [0.15, 0.2) is 46.9 Å². The minimum absolute atomic E-state index is 0.146. The predicted octanol–water partition coefficient (Wildman–Crippen LogP) is 3.81. The average Bonchev–Trinajstić information content (AvgIpc) is 2.55. The number of hydrogen-bond donors (Lipinski definition) is 3. The van der Waals surface area contributed by atoms with Crippen LogP contribution in [0.5, 0.6) is 0 Å². The Hall–Kier alpha value is -1.99. The average molecular weight is 407 g/mol. The van der Waals surface area contributed by atoms with Gasteiger partial charge in [-0.15, -0.1) is 0 Å². The number of carboxylic acids is 1. The van der Waals surface area contributed by atoms with Gasteiger partial charge in [-0.1, -0.05) is 28.1 Å². The standard InChI is InChI=1S/C17H15BrN2O3S/c18-12-3-1-2-10(6-12)8-24-9-15-16(21)20-14-7-11(17(22)23)4-5-13(14)19-15/h1-7,15,19H,8-9H2,(H,20,21)(H,22,23). The first-order valence-corrected chi connectivity index (χ1v) is 9.24. The number of halogens is 1. The summed E-state index contributed by atoms with van der Waals surface area (Å²) >= 11 is 5.12. The molecule has 0 saturated heterocycles. The van der Waals surface area contributed by atoms with Gasteiger partial charge in [-0.25, -0.2) is 4.79 Å². The Morgan fingerprint density at radius 3 is 2.79 bits per heavy atom. The number of anilines is 2. The normalized spacial score (nSPS) is 16.0. The Balaban J connectivity index is 1.62. The van der Waals surface area contributed by atoms with Gasteiger partial charge in [0.15, 0.2) is 0 Å². The van der Waals surface area contributed by atoms with Crippen LogP contribution in [0.3, 0.4) is 0 Å². The lowest BCUT2D eigenvalue weighted by atomic mass is 10.1. The maximum atomic E-state index is 12.2. The Morgan fingerprint density at radius 2 is 2.04 bits per heavy atom. The van der Waals surface area contributed by atoms with Gasteiger partial charge in [0, 0.05) is 16.0 Å². The van der Waals surface area contributed by atoms with Crippen LogP contribution >= 0.6 is 27.7 Å². The molecular formula is C17H15BrN2O3S. The molecule has 1 atom stereocenters. The van der Waals surface area contributed by atoms with E-state index in [0.29, 0.717) is 11.4 Å². The van der Waals surface area contributed by atoms with E-state index in [4.69, 9.17) is 5.11 Å². The third kappa shape index (κ3) is 3.91. The number of amides is 1. The van der Waals surface area contributed by atoms with Gasteiger partial charge >= 0.3 is 5.97 Å². The molecule has 1 aliphatic heterocycles. The number of thioether (sulfide) groups is 1. The molecule has 0 fully saturated rings. The van der Waals surface area contributed by atoms with Crippen molar-refractivity contribution in [3.63, 3.8) is 0 Å². The number of hydrogen-bond acceptors (Lipinski definition) is 4. The van der Waals surface area contributed by atoms with Gasteiger partial charge in [0.2, 0.25) is 5.91 Å². The highest BCUT2D eigenvalue weighted by Gasteiger charge is 2.25. The van der Waals surface area contributed by atoms with E-state index in [-0.39, 0.29) is 17.5 Å². The van der Waals surface area contributed by atoms with Crippen molar-refractivity contribution < 1.29 is 14.7 Å². The molecule has 2 aromatic rings. The van der Waals surface area contributed by atoms with Gasteiger partial charge in [0.1, 0.15) is 6.04 Å². The summed E-state index contributed by atoms with van der Waals surface area (Å²) in [6, 6.07) is 12.4. The van der Waals surface area contributed by atoms with E-state index >= 15 is 0 Å². The monoisotopic (exact) mass is 406 g/mol. The van der Waals surface area contributed by atoms with Crippen molar-refractivity contribution in [3.8, 4) is 0 Å². The molecule has 1 heterocycles. The first-order valence-electron chi connectivity index (χ1n) is 7.30. The van der Waals surface area contributed by atoms with Crippen LogP contribution in [-0.4, -0.2) is 28.8 Å². The number of rotatable bonds is 5. The lowest BCUT2D eigenvalue weighted by molar-refractivity contribution is -0.116. The number of carboxylic acid groups (broad SMARTS) is 1. The summed E-state index contributed by atoms with van der Waals surface area (Å²) in [5.74, 6) is 0.277. The Kier molecular flexibility index (Phi) is 5.11. The van der Waals surface area contributed by atoms with Gasteiger partial charge in [0.25, 0.3) is 0 Å². The maximum Gasteiger partial charge on any atom is 0.335 e. The van der Waals surface area contributed by atoms with Crippen LogP contribution < -0.4 is 10.6 Å². The first kappa shape index (κ1) is 16.9. The molecular weight excluding hydrogens is 392 g/mol. The van der Waals surface area contributed by atoms with Crippen LogP contribution in [0.2, 0.25) is 0 Å². The molecule has 1 amide bonds. The summed E-state index contributed by atoms with van der Waals surface area (Å²) in [6.07, 6.45) is 0. The summed E-state index contributed by atoms with van der Waals surface area (Å²) in [7, 11) is 0. The second kappa shape index (κ2) is 7.27. The van der Waals surface area contributed by atoms with Crippen LogP contribution in [0.1, 0.15) is 15.9 Å². The van der Waals surface area contributed by atoms with Gasteiger partial charge in [0.05, 0.1) is 16.9 Å². The molecule has 24 heavy (non-hydrogen) atoms. The van der Waals surface area contributed by atoms with E-state index in [1.54, 1.807) is 17.8 Å². The largest absolute Gasteiger partial charge is 0.478 e. The van der Waals surface area contributed by atoms with Crippen LogP contribution in [0, 0.1) is 0 Å². The fourth-order valence-electron chi connectivity index (χ4n) is 2.42. The zero-order valence-electron chi connectivity index (χ0n) is 12.6. The molecule has 5 nitrogen and oxygen atoms in total. The third-order valence-electron chi connectivity index (χ3n) is 3.61. The van der Waals surface area contributed by atoms with E-state index in [2.05, 4.69) is 38.7 Å². The molecule has 0 spiro atoms. The molecule has 0 aliphatic carbocycles. The topological polar surface area (TPSA) is 78.4 Å². The number of nitrogens with one attached hydrogen (secondary N) is 2. The van der Waals surface area contributed by atoms with Crippen LogP contribution in [0.4, 0.5) is 11.4 Å². The highest BCUT2D eigenvalue weighted by Crippen LogP contribution is 2.29.